The quantitative estimate of drug-likeness (QED) is 0.691. The van der Waals surface area contributed by atoms with Crippen molar-refractivity contribution in [2.45, 2.75) is 17.6 Å². The second-order valence-electron chi connectivity index (χ2n) is 6.27. The molecule has 25 heavy (non-hydrogen) atoms. The van der Waals surface area contributed by atoms with Crippen LogP contribution in [0, 0.1) is 11.8 Å². The van der Waals surface area contributed by atoms with Crippen LogP contribution < -0.4 is 0 Å². The predicted molar refractivity (Wildman–Crippen MR) is 92.9 cm³/mol. The van der Waals surface area contributed by atoms with Crippen molar-refractivity contribution in [2.24, 2.45) is 11.8 Å². The lowest BCUT2D eigenvalue weighted by Gasteiger charge is -2.33. The van der Waals surface area contributed by atoms with Gasteiger partial charge in [-0.25, -0.2) is 8.42 Å². The molecule has 0 aromatic carbocycles. The fourth-order valence-corrected chi connectivity index (χ4v) is 5.78. The maximum absolute atomic E-state index is 12.5. The molecule has 1 aliphatic carbocycles. The summed E-state index contributed by atoms with van der Waals surface area (Å²) in [6.07, 6.45) is 0.816. The van der Waals surface area contributed by atoms with Crippen molar-refractivity contribution in [2.75, 3.05) is 32.8 Å². The van der Waals surface area contributed by atoms with Crippen molar-refractivity contribution in [3.05, 3.63) is 16.5 Å². The molecule has 0 spiro atoms. The summed E-state index contributed by atoms with van der Waals surface area (Å²) < 4.78 is 32.0. The van der Waals surface area contributed by atoms with E-state index in [1.807, 2.05) is 6.92 Å². The number of carbonyl (C=O) groups excluding carboxylic acids is 2. The lowest BCUT2D eigenvalue weighted by molar-refractivity contribution is -0.153. The highest BCUT2D eigenvalue weighted by atomic mass is 35.5. The van der Waals surface area contributed by atoms with E-state index in [0.29, 0.717) is 10.3 Å². The smallest absolute Gasteiger partial charge is 0.309 e. The number of ether oxygens (including phenoxy) is 1. The van der Waals surface area contributed by atoms with Gasteiger partial charge in [-0.3, -0.25) is 9.59 Å². The van der Waals surface area contributed by atoms with Crippen molar-refractivity contribution in [3.8, 4) is 0 Å². The fourth-order valence-electron chi connectivity index (χ4n) is 2.72. The van der Waals surface area contributed by atoms with Gasteiger partial charge >= 0.3 is 5.97 Å². The Morgan fingerprint density at radius 1 is 1.28 bits per heavy atom. The molecular weight excluding hydrogens is 388 g/mol. The van der Waals surface area contributed by atoms with Crippen LogP contribution in [0.25, 0.3) is 0 Å². The summed E-state index contributed by atoms with van der Waals surface area (Å²) >= 11 is 6.82. The Hall–Kier alpha value is -1.16. The molecule has 0 unspecified atom stereocenters. The summed E-state index contributed by atoms with van der Waals surface area (Å²) in [5.74, 6) is -0.357. The van der Waals surface area contributed by atoms with Gasteiger partial charge in [-0.15, -0.1) is 11.3 Å². The highest BCUT2D eigenvalue weighted by Crippen LogP contribution is 2.38. The summed E-state index contributed by atoms with van der Waals surface area (Å²) in [5.41, 5.74) is 0. The van der Waals surface area contributed by atoms with Crippen LogP contribution in [-0.4, -0.2) is 62.3 Å². The Morgan fingerprint density at radius 2 is 1.92 bits per heavy atom. The van der Waals surface area contributed by atoms with Gasteiger partial charge in [0.25, 0.3) is 15.9 Å². The van der Waals surface area contributed by atoms with Gasteiger partial charge in [-0.05, 0) is 24.5 Å². The van der Waals surface area contributed by atoms with E-state index in [4.69, 9.17) is 16.3 Å². The molecule has 138 valence electrons. The number of halogens is 1. The predicted octanol–water partition coefficient (Wildman–Crippen LogP) is 1.43. The first-order valence-corrected chi connectivity index (χ1v) is 10.6. The molecule has 1 aliphatic heterocycles. The Morgan fingerprint density at radius 3 is 2.44 bits per heavy atom. The van der Waals surface area contributed by atoms with E-state index in [1.54, 1.807) is 6.07 Å². The van der Waals surface area contributed by atoms with Crippen molar-refractivity contribution in [3.63, 3.8) is 0 Å². The molecule has 1 saturated carbocycles. The van der Waals surface area contributed by atoms with E-state index in [1.165, 1.54) is 15.3 Å². The van der Waals surface area contributed by atoms with Gasteiger partial charge in [0.15, 0.2) is 6.61 Å². The van der Waals surface area contributed by atoms with Gasteiger partial charge in [-0.2, -0.15) is 4.31 Å². The Balaban J connectivity index is 1.49. The van der Waals surface area contributed by atoms with Gasteiger partial charge in [0.05, 0.1) is 10.3 Å². The van der Waals surface area contributed by atoms with Crippen LogP contribution in [0.5, 0.6) is 0 Å². The van der Waals surface area contributed by atoms with Crippen LogP contribution in [0.15, 0.2) is 16.3 Å². The molecule has 1 aromatic heterocycles. The van der Waals surface area contributed by atoms with Gasteiger partial charge in [0.1, 0.15) is 4.21 Å². The zero-order chi connectivity index (χ0) is 18.2. The zero-order valence-corrected chi connectivity index (χ0v) is 16.1. The number of rotatable bonds is 5. The first-order valence-electron chi connectivity index (χ1n) is 7.99. The lowest BCUT2D eigenvalue weighted by atomic mass is 10.3. The monoisotopic (exact) mass is 406 g/mol. The van der Waals surface area contributed by atoms with E-state index in [0.717, 1.165) is 17.8 Å². The number of hydrogen-bond acceptors (Lipinski definition) is 6. The van der Waals surface area contributed by atoms with Crippen molar-refractivity contribution in [1.82, 2.24) is 9.21 Å². The Labute approximate surface area is 155 Å². The second-order valence-corrected chi connectivity index (χ2v) is 10.2. The van der Waals surface area contributed by atoms with Crippen LogP contribution in [0.2, 0.25) is 4.34 Å². The molecular formula is C15H19ClN2O5S2. The molecule has 2 fully saturated rings. The van der Waals surface area contributed by atoms with Crippen molar-refractivity contribution < 1.29 is 22.7 Å². The minimum atomic E-state index is -3.58. The number of esters is 1. The number of amides is 1. The second kappa shape index (κ2) is 7.22. The number of carbonyl (C=O) groups is 2. The maximum atomic E-state index is 12.5. The molecule has 0 bridgehead atoms. The number of nitrogens with zero attached hydrogens (tertiary/aromatic N) is 2. The van der Waals surface area contributed by atoms with Crippen molar-refractivity contribution >= 4 is 44.8 Å². The highest BCUT2D eigenvalue weighted by molar-refractivity contribution is 7.91. The number of hydrogen-bond donors (Lipinski definition) is 0. The average Bonchev–Trinajstić information content (AvgIpc) is 3.16. The van der Waals surface area contributed by atoms with Crippen LogP contribution in [-0.2, 0) is 24.3 Å². The van der Waals surface area contributed by atoms with Crippen molar-refractivity contribution in [1.29, 1.82) is 0 Å². The summed E-state index contributed by atoms with van der Waals surface area (Å²) in [5, 5.41) is 0. The molecule has 10 heteroatoms. The van der Waals surface area contributed by atoms with Gasteiger partial charge in [-0.1, -0.05) is 18.5 Å². The SMILES string of the molecule is C[C@@H]1C[C@H]1C(=O)OCC(=O)N1CCN(S(=O)(=O)c2ccc(Cl)s2)CC1. The van der Waals surface area contributed by atoms with Crippen LogP contribution in [0.3, 0.4) is 0 Å². The van der Waals surface area contributed by atoms with E-state index in [2.05, 4.69) is 0 Å². The topological polar surface area (TPSA) is 84.0 Å². The van der Waals surface area contributed by atoms with E-state index in [-0.39, 0.29) is 54.8 Å². The molecule has 2 atom stereocenters. The third-order valence-electron chi connectivity index (χ3n) is 4.48. The third kappa shape index (κ3) is 4.16. The highest BCUT2D eigenvalue weighted by Gasteiger charge is 2.41. The average molecular weight is 407 g/mol. The largest absolute Gasteiger partial charge is 0.455 e. The molecule has 2 heterocycles. The number of thiophene rings is 1. The number of sulfonamides is 1. The lowest BCUT2D eigenvalue weighted by Crippen LogP contribution is -2.51. The number of piperazine rings is 1. The standard InChI is InChI=1S/C15H19ClN2O5S2/c1-10-8-11(10)15(20)23-9-13(19)17-4-6-18(7-5-17)25(21,22)14-3-2-12(16)24-14/h2-3,10-11H,4-9H2,1H3/t10-,11-/m1/s1. The molecule has 0 N–H and O–H groups in total. The molecule has 2 aliphatic rings. The molecule has 1 aromatic rings. The van der Waals surface area contributed by atoms with Crippen LogP contribution >= 0.6 is 22.9 Å². The minimum Gasteiger partial charge on any atom is -0.455 e. The maximum Gasteiger partial charge on any atom is 0.309 e. The summed E-state index contributed by atoms with van der Waals surface area (Å²) in [7, 11) is -3.58. The summed E-state index contributed by atoms with van der Waals surface area (Å²) in [4.78, 5) is 25.3. The van der Waals surface area contributed by atoms with Gasteiger partial charge in [0.2, 0.25) is 0 Å². The molecule has 7 nitrogen and oxygen atoms in total. The van der Waals surface area contributed by atoms with E-state index in [9.17, 15) is 18.0 Å². The van der Waals surface area contributed by atoms with Crippen LogP contribution in [0.1, 0.15) is 13.3 Å². The Bertz CT molecular complexity index is 771. The van der Waals surface area contributed by atoms with Gasteiger partial charge in [0, 0.05) is 26.2 Å². The zero-order valence-electron chi connectivity index (χ0n) is 13.7. The van der Waals surface area contributed by atoms with Crippen LogP contribution in [0.4, 0.5) is 0 Å². The van der Waals surface area contributed by atoms with E-state index < -0.39 is 10.0 Å². The minimum absolute atomic E-state index is 0.0765. The molecule has 3 rings (SSSR count). The first kappa shape index (κ1) is 18.6. The summed E-state index contributed by atoms with van der Waals surface area (Å²) in [6.45, 7) is 2.64. The molecule has 0 radical (unpaired) electrons. The molecule has 1 saturated heterocycles. The van der Waals surface area contributed by atoms with Gasteiger partial charge < -0.3 is 9.64 Å². The molecule has 1 amide bonds. The third-order valence-corrected chi connectivity index (χ3v) is 8.08. The normalized spacial score (nSPS) is 24.2. The Kier molecular flexibility index (Phi) is 5.38. The summed E-state index contributed by atoms with van der Waals surface area (Å²) in [6, 6.07) is 3.03. The van der Waals surface area contributed by atoms with E-state index >= 15 is 0 Å². The fraction of sp³-hybridized carbons (Fsp3) is 0.600. The first-order chi connectivity index (χ1) is 11.8.